The molecule has 1 aliphatic rings. The van der Waals surface area contributed by atoms with Gasteiger partial charge in [0.25, 0.3) is 0 Å². The van der Waals surface area contributed by atoms with Crippen molar-refractivity contribution in [1.29, 1.82) is 0 Å². The molecule has 0 aliphatic carbocycles. The van der Waals surface area contributed by atoms with Gasteiger partial charge in [0.1, 0.15) is 0 Å². The molecule has 1 atom stereocenters. The normalized spacial score (nSPS) is 22.8. The zero-order valence-electron chi connectivity index (χ0n) is 9.31. The average molecular weight is 234 g/mol. The second kappa shape index (κ2) is 5.47. The van der Waals surface area contributed by atoms with Gasteiger partial charge in [0.05, 0.1) is 5.25 Å². The van der Waals surface area contributed by atoms with E-state index < -0.39 is 0 Å². The quantitative estimate of drug-likeness (QED) is 0.587. The molecule has 1 heterocycles. The van der Waals surface area contributed by atoms with E-state index in [0.29, 0.717) is 4.91 Å². The van der Waals surface area contributed by atoms with Crippen LogP contribution in [0.25, 0.3) is 0 Å². The van der Waals surface area contributed by atoms with Gasteiger partial charge in [-0.15, -0.1) is 18.2 Å². The molecule has 3 nitrogen and oxygen atoms in total. The van der Waals surface area contributed by atoms with Crippen molar-refractivity contribution >= 4 is 18.0 Å². The minimum Gasteiger partial charge on any atom is -0.405 e. The standard InChI is InChI=1S/C12H14N2OS/c1-4-12-10(7-9(8-15)16-12)11(5-6-13)14(2)3/h1,5-8,12H,13H2,2-3H3/b6-5-,11-10+. The number of nitrogens with two attached hydrogens (primary N) is 1. The lowest BCUT2D eigenvalue weighted by Gasteiger charge is -2.17. The lowest BCUT2D eigenvalue weighted by molar-refractivity contribution is -0.104. The Morgan fingerprint density at radius 3 is 2.81 bits per heavy atom. The fraction of sp³-hybridized carbons (Fsp3) is 0.250. The summed E-state index contributed by atoms with van der Waals surface area (Å²) >= 11 is 1.39. The Bertz CT molecular complexity index is 413. The van der Waals surface area contributed by atoms with E-state index in [1.165, 1.54) is 18.0 Å². The molecule has 2 N–H and O–H groups in total. The Labute approximate surface area is 100 Å². The number of aldehydes is 1. The van der Waals surface area contributed by atoms with E-state index in [4.69, 9.17) is 12.2 Å². The first kappa shape index (κ1) is 12.5. The van der Waals surface area contributed by atoms with E-state index in [9.17, 15) is 4.79 Å². The van der Waals surface area contributed by atoms with Gasteiger partial charge in [0, 0.05) is 30.3 Å². The highest BCUT2D eigenvalue weighted by atomic mass is 32.2. The van der Waals surface area contributed by atoms with Crippen LogP contribution in [0.2, 0.25) is 0 Å². The largest absolute Gasteiger partial charge is 0.405 e. The highest BCUT2D eigenvalue weighted by Crippen LogP contribution is 2.36. The molecular formula is C12H14N2OS. The van der Waals surface area contributed by atoms with E-state index in [0.717, 1.165) is 17.6 Å². The Balaban J connectivity index is 3.24. The van der Waals surface area contributed by atoms with Crippen LogP contribution in [0.4, 0.5) is 0 Å². The maximum atomic E-state index is 10.7. The van der Waals surface area contributed by atoms with Crippen LogP contribution >= 0.6 is 11.8 Å². The summed E-state index contributed by atoms with van der Waals surface area (Å²) in [6.07, 6.45) is 11.3. The second-order valence-electron chi connectivity index (χ2n) is 3.42. The Hall–Kier alpha value is -1.60. The number of hydrogen-bond acceptors (Lipinski definition) is 4. The number of terminal acetylenes is 1. The number of carbonyl (C=O) groups is 1. The summed E-state index contributed by atoms with van der Waals surface area (Å²) in [4.78, 5) is 13.3. The van der Waals surface area contributed by atoms with Crippen molar-refractivity contribution < 1.29 is 4.79 Å². The highest BCUT2D eigenvalue weighted by Gasteiger charge is 2.23. The molecule has 0 aromatic heterocycles. The smallest absolute Gasteiger partial charge is 0.156 e. The summed E-state index contributed by atoms with van der Waals surface area (Å²) in [5, 5.41) is -0.117. The number of hydrogen-bond donors (Lipinski definition) is 1. The number of thioether (sulfide) groups is 1. The van der Waals surface area contributed by atoms with Crippen molar-refractivity contribution in [3.63, 3.8) is 0 Å². The third-order valence-electron chi connectivity index (χ3n) is 2.13. The van der Waals surface area contributed by atoms with Gasteiger partial charge in [-0.25, -0.2) is 0 Å². The maximum absolute atomic E-state index is 10.7. The molecule has 0 fully saturated rings. The van der Waals surface area contributed by atoms with Crippen LogP contribution in [0.3, 0.4) is 0 Å². The van der Waals surface area contributed by atoms with Crippen molar-refractivity contribution in [2.45, 2.75) is 5.25 Å². The van der Waals surface area contributed by atoms with Gasteiger partial charge in [-0.2, -0.15) is 0 Å². The van der Waals surface area contributed by atoms with Gasteiger partial charge in [-0.3, -0.25) is 4.79 Å². The van der Waals surface area contributed by atoms with Crippen LogP contribution < -0.4 is 5.73 Å². The number of likely N-dealkylation sites (N-methyl/N-ethyl adjacent to an activating group) is 1. The molecule has 0 bridgehead atoms. The molecule has 0 amide bonds. The molecule has 0 saturated heterocycles. The predicted octanol–water partition coefficient (Wildman–Crippen LogP) is 1.11. The van der Waals surface area contributed by atoms with Crippen molar-refractivity contribution in [1.82, 2.24) is 4.90 Å². The lowest BCUT2D eigenvalue weighted by atomic mass is 10.1. The zero-order chi connectivity index (χ0) is 12.1. The number of nitrogens with zero attached hydrogens (tertiary/aromatic N) is 1. The minimum atomic E-state index is -0.117. The summed E-state index contributed by atoms with van der Waals surface area (Å²) in [7, 11) is 3.82. The van der Waals surface area contributed by atoms with Crippen LogP contribution in [0.5, 0.6) is 0 Å². The van der Waals surface area contributed by atoms with Crippen LogP contribution in [0.15, 0.2) is 34.5 Å². The summed E-state index contributed by atoms with van der Waals surface area (Å²) in [6.45, 7) is 0. The molecule has 1 aliphatic heterocycles. The zero-order valence-corrected chi connectivity index (χ0v) is 10.1. The second-order valence-corrected chi connectivity index (χ2v) is 4.60. The lowest BCUT2D eigenvalue weighted by Crippen LogP contribution is -2.14. The summed E-state index contributed by atoms with van der Waals surface area (Å²) < 4.78 is 0. The number of carbonyl (C=O) groups excluding carboxylic acids is 1. The van der Waals surface area contributed by atoms with Crippen molar-refractivity contribution in [3.8, 4) is 12.3 Å². The third kappa shape index (κ3) is 2.50. The first-order valence-corrected chi connectivity index (χ1v) is 5.61. The van der Waals surface area contributed by atoms with Gasteiger partial charge in [-0.05, 0) is 18.4 Å². The topological polar surface area (TPSA) is 46.3 Å². The van der Waals surface area contributed by atoms with E-state index >= 15 is 0 Å². The molecular weight excluding hydrogens is 220 g/mol. The first-order chi connectivity index (χ1) is 7.63. The molecule has 4 heteroatoms. The summed E-state index contributed by atoms with van der Waals surface area (Å²) in [5.41, 5.74) is 7.27. The molecule has 16 heavy (non-hydrogen) atoms. The molecule has 0 aromatic carbocycles. The van der Waals surface area contributed by atoms with E-state index in [-0.39, 0.29) is 5.25 Å². The van der Waals surface area contributed by atoms with E-state index in [1.54, 1.807) is 6.08 Å². The van der Waals surface area contributed by atoms with Gasteiger partial charge in [0.2, 0.25) is 0 Å². The molecule has 0 radical (unpaired) electrons. The van der Waals surface area contributed by atoms with Gasteiger partial charge in [0.15, 0.2) is 6.29 Å². The average Bonchev–Trinajstić information content (AvgIpc) is 2.68. The van der Waals surface area contributed by atoms with Gasteiger partial charge in [-0.1, -0.05) is 5.92 Å². The third-order valence-corrected chi connectivity index (χ3v) is 3.25. The fourth-order valence-corrected chi connectivity index (χ4v) is 2.36. The van der Waals surface area contributed by atoms with Crippen LogP contribution in [-0.4, -0.2) is 30.5 Å². The van der Waals surface area contributed by atoms with Crippen LogP contribution in [-0.2, 0) is 4.79 Å². The summed E-state index contributed by atoms with van der Waals surface area (Å²) in [5.74, 6) is 2.66. The minimum absolute atomic E-state index is 0.117. The SMILES string of the molecule is C#CC1SC(C=O)=C/C1=C(/C=C\N)N(C)C. The van der Waals surface area contributed by atoms with Gasteiger partial charge >= 0.3 is 0 Å². The molecule has 1 unspecified atom stereocenters. The Kier molecular flexibility index (Phi) is 4.27. The number of allylic oxidation sites excluding steroid dienone is 3. The summed E-state index contributed by atoms with van der Waals surface area (Å²) in [6, 6.07) is 0. The van der Waals surface area contributed by atoms with Crippen molar-refractivity contribution in [2.24, 2.45) is 5.73 Å². The molecule has 0 saturated carbocycles. The molecule has 0 spiro atoms. The Morgan fingerprint density at radius 1 is 1.69 bits per heavy atom. The predicted molar refractivity (Wildman–Crippen MR) is 68.4 cm³/mol. The molecule has 84 valence electrons. The van der Waals surface area contributed by atoms with Crippen LogP contribution in [0.1, 0.15) is 0 Å². The van der Waals surface area contributed by atoms with Crippen LogP contribution in [0, 0.1) is 12.3 Å². The molecule has 0 aromatic rings. The van der Waals surface area contributed by atoms with E-state index in [1.807, 2.05) is 25.1 Å². The Morgan fingerprint density at radius 2 is 2.38 bits per heavy atom. The monoisotopic (exact) mass is 234 g/mol. The molecule has 1 rings (SSSR count). The van der Waals surface area contributed by atoms with Crippen molar-refractivity contribution in [2.75, 3.05) is 14.1 Å². The first-order valence-electron chi connectivity index (χ1n) is 4.73. The maximum Gasteiger partial charge on any atom is 0.156 e. The number of rotatable bonds is 3. The van der Waals surface area contributed by atoms with E-state index in [2.05, 4.69) is 5.92 Å². The van der Waals surface area contributed by atoms with Crippen molar-refractivity contribution in [3.05, 3.63) is 34.5 Å². The van der Waals surface area contributed by atoms with Gasteiger partial charge < -0.3 is 10.6 Å². The fourth-order valence-electron chi connectivity index (χ4n) is 1.45. The highest BCUT2D eigenvalue weighted by molar-refractivity contribution is 8.05.